The van der Waals surface area contributed by atoms with Crippen molar-refractivity contribution < 1.29 is 18.3 Å². The van der Waals surface area contributed by atoms with E-state index in [9.17, 15) is 13.5 Å². The van der Waals surface area contributed by atoms with Gasteiger partial charge in [0.25, 0.3) is 0 Å². The molecule has 1 N–H and O–H groups in total. The molecule has 0 fully saturated rings. The summed E-state index contributed by atoms with van der Waals surface area (Å²) in [6.07, 6.45) is 0.501. The summed E-state index contributed by atoms with van der Waals surface area (Å²) in [4.78, 5) is 0. The Morgan fingerprint density at radius 1 is 1.12 bits per heavy atom. The summed E-state index contributed by atoms with van der Waals surface area (Å²) in [5.41, 5.74) is 2.54. The summed E-state index contributed by atoms with van der Waals surface area (Å²) in [6, 6.07) is 14.3. The third-order valence-corrected chi connectivity index (χ3v) is 5.98. The van der Waals surface area contributed by atoms with Gasteiger partial charge in [0.05, 0.1) is 25.0 Å². The SMILES string of the molecule is CCc1c(CO)c2cc(OC)ccc2n1S(=O)(=O)Cc1ccccc1. The van der Waals surface area contributed by atoms with Gasteiger partial charge in [0.1, 0.15) is 5.75 Å². The number of nitrogens with zero attached hydrogens (tertiary/aromatic N) is 1. The fourth-order valence-electron chi connectivity index (χ4n) is 3.18. The maximum atomic E-state index is 13.1. The van der Waals surface area contributed by atoms with Gasteiger partial charge in [0.15, 0.2) is 0 Å². The van der Waals surface area contributed by atoms with Gasteiger partial charge in [0.2, 0.25) is 10.0 Å². The lowest BCUT2D eigenvalue weighted by Gasteiger charge is -2.12. The molecular weight excluding hydrogens is 338 g/mol. The third kappa shape index (κ3) is 3.15. The molecule has 0 unspecified atom stereocenters. The van der Waals surface area contributed by atoms with Crippen molar-refractivity contribution in [2.75, 3.05) is 7.11 Å². The van der Waals surface area contributed by atoms with Crippen molar-refractivity contribution in [3.63, 3.8) is 0 Å². The van der Waals surface area contributed by atoms with Gasteiger partial charge in [-0.1, -0.05) is 37.3 Å². The Balaban J connectivity index is 2.24. The summed E-state index contributed by atoms with van der Waals surface area (Å²) < 4.78 is 32.9. The van der Waals surface area contributed by atoms with Crippen LogP contribution in [-0.2, 0) is 28.8 Å². The van der Waals surface area contributed by atoms with Crippen LogP contribution in [0.3, 0.4) is 0 Å². The summed E-state index contributed by atoms with van der Waals surface area (Å²) in [5, 5.41) is 10.5. The molecule has 0 saturated carbocycles. The van der Waals surface area contributed by atoms with Crippen molar-refractivity contribution >= 4 is 20.9 Å². The number of aliphatic hydroxyl groups is 1. The minimum Gasteiger partial charge on any atom is -0.497 e. The zero-order valence-electron chi connectivity index (χ0n) is 14.3. The van der Waals surface area contributed by atoms with Crippen LogP contribution in [0.5, 0.6) is 5.75 Å². The molecule has 0 amide bonds. The van der Waals surface area contributed by atoms with Crippen molar-refractivity contribution in [2.24, 2.45) is 0 Å². The summed E-state index contributed by atoms with van der Waals surface area (Å²) in [7, 11) is -2.07. The van der Waals surface area contributed by atoms with Crippen LogP contribution < -0.4 is 4.74 Å². The van der Waals surface area contributed by atoms with Crippen LogP contribution >= 0.6 is 0 Å². The lowest BCUT2D eigenvalue weighted by molar-refractivity contribution is 0.282. The van der Waals surface area contributed by atoms with E-state index < -0.39 is 10.0 Å². The van der Waals surface area contributed by atoms with E-state index in [0.717, 1.165) is 5.56 Å². The van der Waals surface area contributed by atoms with E-state index in [-0.39, 0.29) is 12.4 Å². The van der Waals surface area contributed by atoms with Crippen LogP contribution in [0.4, 0.5) is 0 Å². The van der Waals surface area contributed by atoms with E-state index in [1.54, 1.807) is 37.4 Å². The molecule has 0 radical (unpaired) electrons. The van der Waals surface area contributed by atoms with Crippen LogP contribution in [0.15, 0.2) is 48.5 Å². The molecule has 0 saturated heterocycles. The number of methoxy groups -OCH3 is 1. The van der Waals surface area contributed by atoms with E-state index in [4.69, 9.17) is 4.74 Å². The molecule has 1 aromatic heterocycles. The van der Waals surface area contributed by atoms with Gasteiger partial charge in [-0.05, 0) is 30.2 Å². The van der Waals surface area contributed by atoms with Gasteiger partial charge >= 0.3 is 0 Å². The lowest BCUT2D eigenvalue weighted by Crippen LogP contribution is -2.17. The minimum atomic E-state index is -3.63. The normalized spacial score (nSPS) is 11.8. The molecule has 5 nitrogen and oxygen atoms in total. The molecule has 0 spiro atoms. The van der Waals surface area contributed by atoms with Gasteiger partial charge in [0, 0.05) is 16.6 Å². The smallest absolute Gasteiger partial charge is 0.243 e. The monoisotopic (exact) mass is 359 g/mol. The van der Waals surface area contributed by atoms with E-state index in [2.05, 4.69) is 0 Å². The minimum absolute atomic E-state index is 0.0957. The maximum absolute atomic E-state index is 13.1. The second-order valence-electron chi connectivity index (χ2n) is 5.83. The predicted octanol–water partition coefficient (Wildman–Crippen LogP) is 3.08. The van der Waals surface area contributed by atoms with Crippen molar-refractivity contribution in [3.05, 3.63) is 65.4 Å². The number of fused-ring (bicyclic) bond motifs is 1. The Labute approximate surface area is 147 Å². The highest BCUT2D eigenvalue weighted by Gasteiger charge is 2.24. The predicted molar refractivity (Wildman–Crippen MR) is 98.3 cm³/mol. The number of aliphatic hydroxyl groups excluding tert-OH is 1. The second kappa shape index (κ2) is 6.90. The molecule has 0 bridgehead atoms. The molecule has 0 aliphatic carbocycles. The van der Waals surface area contributed by atoms with E-state index in [1.807, 2.05) is 25.1 Å². The average Bonchev–Trinajstić information content (AvgIpc) is 2.95. The molecular formula is C19H21NO4S. The largest absolute Gasteiger partial charge is 0.497 e. The average molecular weight is 359 g/mol. The Kier molecular flexibility index (Phi) is 4.83. The zero-order chi connectivity index (χ0) is 18.0. The fourth-order valence-corrected chi connectivity index (χ4v) is 4.96. The van der Waals surface area contributed by atoms with E-state index >= 15 is 0 Å². The molecule has 0 aliphatic rings. The zero-order valence-corrected chi connectivity index (χ0v) is 15.1. The second-order valence-corrected chi connectivity index (χ2v) is 7.64. The van der Waals surface area contributed by atoms with Gasteiger partial charge in [-0.25, -0.2) is 12.4 Å². The molecule has 2 aromatic carbocycles. The van der Waals surface area contributed by atoms with Crippen LogP contribution in [0.2, 0.25) is 0 Å². The number of ether oxygens (including phenoxy) is 1. The number of benzene rings is 2. The van der Waals surface area contributed by atoms with Crippen molar-refractivity contribution in [1.82, 2.24) is 3.97 Å². The Bertz CT molecular complexity index is 991. The standard InChI is InChI=1S/C19H21NO4S/c1-3-18-17(12-21)16-11-15(24-2)9-10-19(16)20(18)25(22,23)13-14-7-5-4-6-8-14/h4-11,21H,3,12-13H2,1-2H3. The third-order valence-electron chi connectivity index (χ3n) is 4.30. The topological polar surface area (TPSA) is 68.5 Å². The Morgan fingerprint density at radius 2 is 1.84 bits per heavy atom. The van der Waals surface area contributed by atoms with Crippen LogP contribution in [0.1, 0.15) is 23.7 Å². The van der Waals surface area contributed by atoms with Gasteiger partial charge in [-0.3, -0.25) is 0 Å². The number of hydrogen-bond donors (Lipinski definition) is 1. The maximum Gasteiger partial charge on any atom is 0.243 e. The van der Waals surface area contributed by atoms with Crippen LogP contribution in [-0.4, -0.2) is 24.6 Å². The van der Waals surface area contributed by atoms with Gasteiger partial charge < -0.3 is 9.84 Å². The first kappa shape index (κ1) is 17.5. The molecule has 6 heteroatoms. The Morgan fingerprint density at radius 3 is 2.44 bits per heavy atom. The molecule has 3 rings (SSSR count). The van der Waals surface area contributed by atoms with Crippen LogP contribution in [0.25, 0.3) is 10.9 Å². The lowest BCUT2D eigenvalue weighted by atomic mass is 10.1. The van der Waals surface area contributed by atoms with E-state index in [0.29, 0.717) is 34.3 Å². The van der Waals surface area contributed by atoms with Gasteiger partial charge in [-0.2, -0.15) is 0 Å². The van der Waals surface area contributed by atoms with Crippen molar-refractivity contribution in [2.45, 2.75) is 25.7 Å². The van der Waals surface area contributed by atoms with E-state index in [1.165, 1.54) is 3.97 Å². The summed E-state index contributed by atoms with van der Waals surface area (Å²) in [5.74, 6) is 0.532. The van der Waals surface area contributed by atoms with Gasteiger partial charge in [-0.15, -0.1) is 0 Å². The molecule has 0 aliphatic heterocycles. The molecule has 25 heavy (non-hydrogen) atoms. The first-order valence-corrected chi connectivity index (χ1v) is 9.71. The van der Waals surface area contributed by atoms with Crippen LogP contribution in [0, 0.1) is 0 Å². The van der Waals surface area contributed by atoms with Crippen molar-refractivity contribution in [3.8, 4) is 5.75 Å². The summed E-state index contributed by atoms with van der Waals surface area (Å²) >= 11 is 0. The number of rotatable bonds is 6. The molecule has 132 valence electrons. The van der Waals surface area contributed by atoms with Crippen molar-refractivity contribution in [1.29, 1.82) is 0 Å². The number of aromatic nitrogens is 1. The highest BCUT2D eigenvalue weighted by molar-refractivity contribution is 7.89. The highest BCUT2D eigenvalue weighted by Crippen LogP contribution is 2.32. The number of hydrogen-bond acceptors (Lipinski definition) is 4. The first-order chi connectivity index (χ1) is 12.0. The molecule has 3 aromatic rings. The summed E-state index contributed by atoms with van der Waals surface area (Å²) in [6.45, 7) is 1.67. The molecule has 0 atom stereocenters. The Hall–Kier alpha value is -2.31. The fraction of sp³-hybridized carbons (Fsp3) is 0.263. The quantitative estimate of drug-likeness (QED) is 0.734. The first-order valence-electron chi connectivity index (χ1n) is 8.10. The highest BCUT2D eigenvalue weighted by atomic mass is 32.2. The molecule has 1 heterocycles.